The number of amides is 2. The first-order chi connectivity index (χ1) is 18.3. The minimum absolute atomic E-state index is 0.0383. The number of benzene rings is 1. The quantitative estimate of drug-likeness (QED) is 0.379. The summed E-state index contributed by atoms with van der Waals surface area (Å²) in [5.74, 6) is -0.519. The van der Waals surface area contributed by atoms with Gasteiger partial charge in [-0.2, -0.15) is 18.3 Å². The largest absolute Gasteiger partial charge is 0.416 e. The zero-order chi connectivity index (χ0) is 26.7. The van der Waals surface area contributed by atoms with E-state index in [9.17, 15) is 22.8 Å². The van der Waals surface area contributed by atoms with Crippen LogP contribution in [0.3, 0.4) is 0 Å². The van der Waals surface area contributed by atoms with E-state index in [0.29, 0.717) is 35.7 Å². The lowest BCUT2D eigenvalue weighted by Crippen LogP contribution is -2.38. The van der Waals surface area contributed by atoms with Gasteiger partial charge in [0, 0.05) is 30.1 Å². The van der Waals surface area contributed by atoms with Gasteiger partial charge in [-0.15, -0.1) is 0 Å². The Hall–Kier alpha value is -3.63. The summed E-state index contributed by atoms with van der Waals surface area (Å²) in [5.41, 5.74) is 0.928. The summed E-state index contributed by atoms with van der Waals surface area (Å²) < 4.78 is 42.2. The molecule has 0 bridgehead atoms. The highest BCUT2D eigenvalue weighted by Crippen LogP contribution is 2.41. The van der Waals surface area contributed by atoms with Crippen LogP contribution in [0.2, 0.25) is 0 Å². The minimum atomic E-state index is -4.53. The van der Waals surface area contributed by atoms with Crippen LogP contribution < -0.4 is 5.32 Å². The number of imidazole rings is 1. The molecule has 1 saturated heterocycles. The second-order valence-corrected chi connectivity index (χ2v) is 10.2. The summed E-state index contributed by atoms with van der Waals surface area (Å²) in [6, 6.07) is 5.38. The van der Waals surface area contributed by atoms with Crippen molar-refractivity contribution in [2.45, 2.75) is 75.9 Å². The van der Waals surface area contributed by atoms with Crippen molar-refractivity contribution < 1.29 is 22.8 Å². The molecule has 2 aromatic heterocycles. The van der Waals surface area contributed by atoms with Gasteiger partial charge in [0.25, 0.3) is 5.91 Å². The summed E-state index contributed by atoms with van der Waals surface area (Å²) in [4.78, 5) is 34.2. The average molecular weight is 529 g/mol. The summed E-state index contributed by atoms with van der Waals surface area (Å²) in [7, 11) is 0. The van der Waals surface area contributed by atoms with Crippen LogP contribution in [0.4, 0.5) is 19.0 Å². The standard InChI is InChI=1S/C27H31F3N6O2/c28-27(29,30)21-12-18(9-10-20(21)17-6-2-1-3-7-17)26(38)36-11-5-4-8-23(36)22-14-24(35-34-22)33-25(37)13-19-15-31-16-32-19/h9-10,12,14-17,23H,1-8,11,13H2,(H,31,32)(H2,33,34,35,37). The van der Waals surface area contributed by atoms with E-state index in [2.05, 4.69) is 25.5 Å². The highest BCUT2D eigenvalue weighted by Gasteiger charge is 2.37. The number of piperidine rings is 1. The fourth-order valence-electron chi connectivity index (χ4n) is 5.68. The fraction of sp³-hybridized carbons (Fsp3) is 0.481. The maximum absolute atomic E-state index is 14.1. The molecule has 2 fully saturated rings. The molecule has 11 heteroatoms. The number of hydrogen-bond donors (Lipinski definition) is 3. The number of anilines is 1. The second-order valence-electron chi connectivity index (χ2n) is 10.2. The predicted octanol–water partition coefficient (Wildman–Crippen LogP) is 5.75. The number of likely N-dealkylation sites (tertiary alicyclic amines) is 1. The Morgan fingerprint density at radius 3 is 2.58 bits per heavy atom. The zero-order valence-electron chi connectivity index (χ0n) is 21.0. The molecule has 1 unspecified atom stereocenters. The molecule has 2 aliphatic rings. The molecule has 2 amide bonds. The van der Waals surface area contributed by atoms with E-state index >= 15 is 0 Å². The van der Waals surface area contributed by atoms with Gasteiger partial charge in [-0.3, -0.25) is 14.7 Å². The molecule has 1 atom stereocenters. The third kappa shape index (κ3) is 5.76. The van der Waals surface area contributed by atoms with Gasteiger partial charge >= 0.3 is 6.18 Å². The lowest BCUT2D eigenvalue weighted by atomic mass is 9.81. The molecule has 8 nitrogen and oxygen atoms in total. The van der Waals surface area contributed by atoms with E-state index in [-0.39, 0.29) is 29.9 Å². The van der Waals surface area contributed by atoms with Crippen molar-refractivity contribution in [1.82, 2.24) is 25.1 Å². The average Bonchev–Trinajstić information content (AvgIpc) is 3.60. The number of rotatable bonds is 6. The summed E-state index contributed by atoms with van der Waals surface area (Å²) in [5, 5.41) is 9.79. The Kier molecular flexibility index (Phi) is 7.53. The number of alkyl halides is 3. The Balaban J connectivity index is 1.34. The maximum Gasteiger partial charge on any atom is 0.416 e. The number of carbonyl (C=O) groups is 2. The molecule has 3 aromatic rings. The topological polar surface area (TPSA) is 107 Å². The number of hydrogen-bond acceptors (Lipinski definition) is 4. The van der Waals surface area contributed by atoms with Gasteiger partial charge in [-0.25, -0.2) is 4.98 Å². The highest BCUT2D eigenvalue weighted by molar-refractivity contribution is 5.95. The van der Waals surface area contributed by atoms with Gasteiger partial charge in [0.05, 0.1) is 30.0 Å². The molecular formula is C27H31F3N6O2. The number of aromatic nitrogens is 4. The number of carbonyl (C=O) groups excluding carboxylic acids is 2. The molecule has 3 N–H and O–H groups in total. The van der Waals surface area contributed by atoms with Gasteiger partial charge in [-0.1, -0.05) is 25.3 Å². The lowest BCUT2D eigenvalue weighted by Gasteiger charge is -2.35. The number of nitrogens with one attached hydrogen (secondary N) is 3. The Bertz CT molecular complexity index is 1260. The Morgan fingerprint density at radius 1 is 1.05 bits per heavy atom. The van der Waals surface area contributed by atoms with Crippen molar-refractivity contribution in [3.63, 3.8) is 0 Å². The second kappa shape index (κ2) is 11.0. The van der Waals surface area contributed by atoms with E-state index < -0.39 is 17.6 Å². The molecule has 202 valence electrons. The maximum atomic E-state index is 14.1. The first kappa shape index (κ1) is 26.0. The molecule has 1 aliphatic carbocycles. The summed E-state index contributed by atoms with van der Waals surface area (Å²) in [6.45, 7) is 0.426. The minimum Gasteiger partial charge on any atom is -0.348 e. The first-order valence-corrected chi connectivity index (χ1v) is 13.1. The first-order valence-electron chi connectivity index (χ1n) is 13.1. The monoisotopic (exact) mass is 528 g/mol. The Labute approximate surface area is 218 Å². The van der Waals surface area contributed by atoms with E-state index in [1.807, 2.05) is 0 Å². The van der Waals surface area contributed by atoms with E-state index in [4.69, 9.17) is 0 Å². The molecule has 5 rings (SSSR count). The zero-order valence-corrected chi connectivity index (χ0v) is 21.0. The van der Waals surface area contributed by atoms with Crippen molar-refractivity contribution in [2.24, 2.45) is 0 Å². The van der Waals surface area contributed by atoms with Gasteiger partial charge in [-0.05, 0) is 55.7 Å². The van der Waals surface area contributed by atoms with Gasteiger partial charge in [0.15, 0.2) is 5.82 Å². The van der Waals surface area contributed by atoms with Crippen LogP contribution >= 0.6 is 0 Å². The molecule has 3 heterocycles. The SMILES string of the molecule is O=C(Cc1cnc[nH]1)Nc1cc(C2CCCCN2C(=O)c2ccc(C3CCCCC3)c(C(F)(F)F)c2)[nH]n1. The predicted molar refractivity (Wildman–Crippen MR) is 134 cm³/mol. The van der Waals surface area contributed by atoms with Crippen molar-refractivity contribution in [2.75, 3.05) is 11.9 Å². The smallest absolute Gasteiger partial charge is 0.348 e. The van der Waals surface area contributed by atoms with E-state index in [1.54, 1.807) is 23.2 Å². The van der Waals surface area contributed by atoms with Gasteiger partial charge in [0.1, 0.15) is 0 Å². The third-order valence-electron chi connectivity index (χ3n) is 7.54. The van der Waals surface area contributed by atoms with Gasteiger partial charge < -0.3 is 15.2 Å². The molecule has 38 heavy (non-hydrogen) atoms. The molecule has 0 radical (unpaired) electrons. The van der Waals surface area contributed by atoms with Crippen LogP contribution in [0, 0.1) is 0 Å². The highest BCUT2D eigenvalue weighted by atomic mass is 19.4. The van der Waals surface area contributed by atoms with Crippen molar-refractivity contribution in [3.05, 3.63) is 64.9 Å². The number of aromatic amines is 2. The van der Waals surface area contributed by atoms with Crippen LogP contribution in [-0.2, 0) is 17.4 Å². The molecule has 1 aliphatic heterocycles. The third-order valence-corrected chi connectivity index (χ3v) is 7.54. The van der Waals surface area contributed by atoms with Crippen LogP contribution in [0.15, 0.2) is 36.8 Å². The molecule has 1 saturated carbocycles. The molecule has 1 aromatic carbocycles. The van der Waals surface area contributed by atoms with Crippen molar-refractivity contribution in [1.29, 1.82) is 0 Å². The van der Waals surface area contributed by atoms with E-state index in [0.717, 1.165) is 51.0 Å². The van der Waals surface area contributed by atoms with Crippen molar-refractivity contribution in [3.8, 4) is 0 Å². The van der Waals surface area contributed by atoms with E-state index in [1.165, 1.54) is 12.4 Å². The fourth-order valence-corrected chi connectivity index (χ4v) is 5.68. The number of H-pyrrole nitrogens is 2. The molecule has 0 spiro atoms. The summed E-state index contributed by atoms with van der Waals surface area (Å²) in [6.07, 6.45) is 5.28. The van der Waals surface area contributed by atoms with Crippen LogP contribution in [0.25, 0.3) is 0 Å². The van der Waals surface area contributed by atoms with Crippen LogP contribution in [0.5, 0.6) is 0 Å². The Morgan fingerprint density at radius 2 is 1.84 bits per heavy atom. The molecular weight excluding hydrogens is 497 g/mol. The van der Waals surface area contributed by atoms with Crippen molar-refractivity contribution >= 4 is 17.6 Å². The number of halogens is 3. The van der Waals surface area contributed by atoms with Crippen LogP contribution in [-0.4, -0.2) is 43.4 Å². The number of nitrogens with zero attached hydrogens (tertiary/aromatic N) is 3. The van der Waals surface area contributed by atoms with Crippen LogP contribution in [0.1, 0.15) is 96.2 Å². The van der Waals surface area contributed by atoms with Gasteiger partial charge in [0.2, 0.25) is 5.91 Å². The summed E-state index contributed by atoms with van der Waals surface area (Å²) >= 11 is 0. The lowest BCUT2D eigenvalue weighted by molar-refractivity contribution is -0.138. The normalized spacial score (nSPS) is 18.9.